The van der Waals surface area contributed by atoms with Gasteiger partial charge in [0.2, 0.25) is 5.88 Å². The Morgan fingerprint density at radius 2 is 1.95 bits per heavy atom. The zero-order valence-corrected chi connectivity index (χ0v) is 13.0. The number of benzene rings is 1. The highest BCUT2D eigenvalue weighted by atomic mass is 32.1. The summed E-state index contributed by atoms with van der Waals surface area (Å²) in [6, 6.07) is 7.74. The minimum Gasteiger partial charge on any atom is -0.476 e. The maximum Gasteiger partial charge on any atom is 0.247 e. The summed E-state index contributed by atoms with van der Waals surface area (Å²) in [5.74, 6) is 0.415. The van der Waals surface area contributed by atoms with E-state index in [2.05, 4.69) is 15.3 Å². The van der Waals surface area contributed by atoms with Gasteiger partial charge in [-0.25, -0.2) is 0 Å². The van der Waals surface area contributed by atoms with Gasteiger partial charge < -0.3 is 10.5 Å². The zero-order chi connectivity index (χ0) is 15.4. The number of thiocarbonyl (C=S) groups is 1. The highest BCUT2D eigenvalue weighted by molar-refractivity contribution is 7.80. The minimum absolute atomic E-state index is 0.110. The number of ether oxygens (including phenoxy) is 1. The Morgan fingerprint density at radius 3 is 2.52 bits per heavy atom. The van der Waals surface area contributed by atoms with E-state index in [0.717, 1.165) is 5.69 Å². The molecule has 0 aliphatic rings. The maximum absolute atomic E-state index is 5.63. The van der Waals surface area contributed by atoms with Gasteiger partial charge in [0, 0.05) is 0 Å². The fourth-order valence-electron chi connectivity index (χ4n) is 1.75. The molecule has 2 aromatic rings. The van der Waals surface area contributed by atoms with Crippen LogP contribution in [-0.4, -0.2) is 21.5 Å². The third-order valence-corrected chi connectivity index (χ3v) is 2.95. The number of nitrogens with zero attached hydrogens (tertiary/aromatic N) is 4. The lowest BCUT2D eigenvalue weighted by atomic mass is 10.2. The molecule has 110 valence electrons. The van der Waals surface area contributed by atoms with Crippen LogP contribution in [0.15, 0.2) is 34.5 Å². The Kier molecular flexibility index (Phi) is 4.64. The predicted octanol–water partition coefficient (Wildman–Crippen LogP) is 3.41. The molecule has 0 unspecified atom stereocenters. The van der Waals surface area contributed by atoms with Crippen molar-refractivity contribution in [1.82, 2.24) is 9.78 Å². The topological polar surface area (TPSA) is 77.8 Å². The van der Waals surface area contributed by atoms with Crippen molar-refractivity contribution in [2.75, 3.05) is 6.61 Å². The summed E-state index contributed by atoms with van der Waals surface area (Å²) in [4.78, 5) is 0. The van der Waals surface area contributed by atoms with Crippen LogP contribution in [-0.2, 0) is 0 Å². The Hall–Kier alpha value is -2.28. The van der Waals surface area contributed by atoms with Crippen LogP contribution < -0.4 is 10.5 Å². The standard InChI is InChI=1S/C14H17N5OS/c1-4-20-13-12(10(3)18-19(13)14(15)21)17-16-11-7-5-9(2)6-8-11/h5-8H,4H2,1-3H3,(H2,15,21). The van der Waals surface area contributed by atoms with Gasteiger partial charge in [-0.3, -0.25) is 0 Å². The van der Waals surface area contributed by atoms with E-state index in [9.17, 15) is 0 Å². The van der Waals surface area contributed by atoms with Gasteiger partial charge in [0.25, 0.3) is 0 Å². The molecule has 6 nitrogen and oxygen atoms in total. The third-order valence-electron chi connectivity index (χ3n) is 2.78. The maximum atomic E-state index is 5.63. The summed E-state index contributed by atoms with van der Waals surface area (Å²) >= 11 is 4.95. The molecule has 2 rings (SSSR count). The van der Waals surface area contributed by atoms with Crippen molar-refractivity contribution in [3.63, 3.8) is 0 Å². The molecular formula is C14H17N5OS. The van der Waals surface area contributed by atoms with Crippen LogP contribution in [0.1, 0.15) is 18.2 Å². The molecule has 0 saturated heterocycles. The van der Waals surface area contributed by atoms with Crippen LogP contribution in [0, 0.1) is 13.8 Å². The van der Waals surface area contributed by atoms with Gasteiger partial charge in [0.1, 0.15) is 0 Å². The number of azo groups is 1. The predicted molar refractivity (Wildman–Crippen MR) is 85.7 cm³/mol. The van der Waals surface area contributed by atoms with Crippen molar-refractivity contribution in [2.45, 2.75) is 20.8 Å². The molecule has 0 amide bonds. The van der Waals surface area contributed by atoms with Crippen LogP contribution in [0.4, 0.5) is 11.4 Å². The zero-order valence-electron chi connectivity index (χ0n) is 12.2. The molecule has 0 aliphatic carbocycles. The summed E-state index contributed by atoms with van der Waals surface area (Å²) in [5.41, 5.74) is 8.74. The number of hydrogen-bond donors (Lipinski definition) is 1. The van der Waals surface area contributed by atoms with Crippen molar-refractivity contribution in [2.24, 2.45) is 16.0 Å². The van der Waals surface area contributed by atoms with Crippen molar-refractivity contribution < 1.29 is 4.74 Å². The normalized spacial score (nSPS) is 11.0. The molecule has 1 aromatic heterocycles. The largest absolute Gasteiger partial charge is 0.476 e. The average molecular weight is 303 g/mol. The Bertz CT molecular complexity index is 675. The number of rotatable bonds is 4. The van der Waals surface area contributed by atoms with Crippen LogP contribution in [0.3, 0.4) is 0 Å². The molecule has 0 spiro atoms. The van der Waals surface area contributed by atoms with Crippen molar-refractivity contribution in [3.8, 4) is 5.88 Å². The van der Waals surface area contributed by atoms with Crippen LogP contribution in [0.2, 0.25) is 0 Å². The second kappa shape index (κ2) is 6.45. The Morgan fingerprint density at radius 1 is 1.29 bits per heavy atom. The van der Waals surface area contributed by atoms with E-state index in [-0.39, 0.29) is 5.11 Å². The molecule has 2 N–H and O–H groups in total. The first-order valence-electron chi connectivity index (χ1n) is 6.53. The molecule has 0 bridgehead atoms. The van der Waals surface area contributed by atoms with Crippen LogP contribution in [0.5, 0.6) is 5.88 Å². The van der Waals surface area contributed by atoms with Gasteiger partial charge in [-0.15, -0.1) is 5.11 Å². The average Bonchev–Trinajstić information content (AvgIpc) is 2.76. The molecular weight excluding hydrogens is 286 g/mol. The third kappa shape index (κ3) is 3.43. The monoisotopic (exact) mass is 303 g/mol. The van der Waals surface area contributed by atoms with E-state index < -0.39 is 0 Å². The van der Waals surface area contributed by atoms with Crippen LogP contribution in [0.25, 0.3) is 0 Å². The van der Waals surface area contributed by atoms with Crippen molar-refractivity contribution >= 4 is 28.7 Å². The fourth-order valence-corrected chi connectivity index (χ4v) is 1.87. The molecule has 1 heterocycles. The quantitative estimate of drug-likeness (QED) is 0.693. The molecule has 0 aliphatic heterocycles. The summed E-state index contributed by atoms with van der Waals surface area (Å²) in [6.45, 7) is 6.15. The smallest absolute Gasteiger partial charge is 0.247 e. The number of hydrogen-bond acceptors (Lipinski definition) is 5. The first-order valence-corrected chi connectivity index (χ1v) is 6.94. The summed E-state index contributed by atoms with van der Waals surface area (Å²) in [6.07, 6.45) is 0. The highest BCUT2D eigenvalue weighted by Gasteiger charge is 2.18. The van der Waals surface area contributed by atoms with Gasteiger partial charge >= 0.3 is 0 Å². The summed E-state index contributed by atoms with van der Waals surface area (Å²) in [7, 11) is 0. The van der Waals surface area contributed by atoms with E-state index in [4.69, 9.17) is 22.7 Å². The van der Waals surface area contributed by atoms with E-state index >= 15 is 0 Å². The summed E-state index contributed by atoms with van der Waals surface area (Å²) in [5, 5.41) is 12.8. The second-order valence-electron chi connectivity index (χ2n) is 4.46. The van der Waals surface area contributed by atoms with Gasteiger partial charge in [-0.05, 0) is 45.1 Å². The second-order valence-corrected chi connectivity index (χ2v) is 4.88. The first-order chi connectivity index (χ1) is 10.0. The first kappa shape index (κ1) is 15.1. The highest BCUT2D eigenvalue weighted by Crippen LogP contribution is 2.32. The molecule has 0 radical (unpaired) electrons. The van der Waals surface area contributed by atoms with Gasteiger partial charge in [0.15, 0.2) is 10.8 Å². The van der Waals surface area contributed by atoms with E-state index in [1.807, 2.05) is 38.1 Å². The lowest BCUT2D eigenvalue weighted by molar-refractivity contribution is 0.320. The summed E-state index contributed by atoms with van der Waals surface area (Å²) < 4.78 is 6.90. The lowest BCUT2D eigenvalue weighted by Crippen LogP contribution is -2.21. The molecule has 0 saturated carbocycles. The van der Waals surface area contributed by atoms with Gasteiger partial charge in [-0.2, -0.15) is 14.9 Å². The minimum atomic E-state index is 0.110. The van der Waals surface area contributed by atoms with Crippen LogP contribution >= 0.6 is 12.2 Å². The van der Waals surface area contributed by atoms with Crippen molar-refractivity contribution in [1.29, 1.82) is 0 Å². The van der Waals surface area contributed by atoms with E-state index in [1.54, 1.807) is 6.92 Å². The van der Waals surface area contributed by atoms with Crippen molar-refractivity contribution in [3.05, 3.63) is 35.5 Å². The van der Waals surface area contributed by atoms with Gasteiger partial charge in [-0.1, -0.05) is 17.7 Å². The number of aromatic nitrogens is 2. The Balaban J connectivity index is 2.38. The number of nitrogens with two attached hydrogens (primary N) is 1. The molecule has 7 heteroatoms. The van der Waals surface area contributed by atoms with Gasteiger partial charge in [0.05, 0.1) is 18.0 Å². The lowest BCUT2D eigenvalue weighted by Gasteiger charge is -2.05. The molecule has 21 heavy (non-hydrogen) atoms. The van der Waals surface area contributed by atoms with E-state index in [1.165, 1.54) is 10.2 Å². The van der Waals surface area contributed by atoms with E-state index in [0.29, 0.717) is 23.9 Å². The molecule has 1 aromatic carbocycles. The molecule has 0 fully saturated rings. The molecule has 0 atom stereocenters. The SMILES string of the molecule is CCOc1c(N=Nc2ccc(C)cc2)c(C)nn1C(N)=S. The fraction of sp³-hybridized carbons (Fsp3) is 0.286. The Labute approximate surface area is 128 Å². The number of aryl methyl sites for hydroxylation is 2.